The lowest BCUT2D eigenvalue weighted by Crippen LogP contribution is -2.36. The van der Waals surface area contributed by atoms with Crippen molar-refractivity contribution in [3.63, 3.8) is 0 Å². The van der Waals surface area contributed by atoms with Crippen LogP contribution in [0.15, 0.2) is 54.6 Å². The van der Waals surface area contributed by atoms with E-state index in [1.165, 1.54) is 0 Å². The van der Waals surface area contributed by atoms with Gasteiger partial charge in [-0.25, -0.2) is 0 Å². The molecule has 0 heterocycles. The largest absolute Gasteiger partial charge is 0.481 e. The smallest absolute Gasteiger partial charge is 0.307 e. The van der Waals surface area contributed by atoms with Crippen LogP contribution >= 0.6 is 0 Å². The minimum Gasteiger partial charge on any atom is -0.481 e. The van der Waals surface area contributed by atoms with E-state index in [-0.39, 0.29) is 11.8 Å². The van der Waals surface area contributed by atoms with Gasteiger partial charge in [0.1, 0.15) is 0 Å². The maximum Gasteiger partial charge on any atom is 0.307 e. The van der Waals surface area contributed by atoms with E-state index in [2.05, 4.69) is 10.6 Å². The molecule has 1 aliphatic carbocycles. The molecule has 2 amide bonds. The van der Waals surface area contributed by atoms with Gasteiger partial charge in [0, 0.05) is 6.54 Å². The van der Waals surface area contributed by atoms with Crippen molar-refractivity contribution in [3.8, 4) is 0 Å². The summed E-state index contributed by atoms with van der Waals surface area (Å²) in [4.78, 5) is 36.9. The maximum atomic E-state index is 12.8. The third-order valence-corrected chi connectivity index (χ3v) is 5.39. The molecule has 29 heavy (non-hydrogen) atoms. The quantitative estimate of drug-likeness (QED) is 0.670. The van der Waals surface area contributed by atoms with Gasteiger partial charge in [-0.1, -0.05) is 55.3 Å². The van der Waals surface area contributed by atoms with Crippen LogP contribution in [0.2, 0.25) is 0 Å². The molecule has 3 rings (SSSR count). The van der Waals surface area contributed by atoms with Crippen molar-refractivity contribution in [3.05, 3.63) is 65.7 Å². The molecule has 0 bridgehead atoms. The number of rotatable bonds is 7. The highest BCUT2D eigenvalue weighted by atomic mass is 16.4. The molecule has 0 aromatic heterocycles. The maximum absolute atomic E-state index is 12.8. The predicted molar refractivity (Wildman–Crippen MR) is 111 cm³/mol. The number of carboxylic acid groups (broad SMARTS) is 1. The van der Waals surface area contributed by atoms with Gasteiger partial charge < -0.3 is 15.7 Å². The van der Waals surface area contributed by atoms with Crippen molar-refractivity contribution < 1.29 is 19.5 Å². The van der Waals surface area contributed by atoms with Gasteiger partial charge in [0.25, 0.3) is 5.91 Å². The van der Waals surface area contributed by atoms with Crippen molar-refractivity contribution in [2.75, 3.05) is 11.9 Å². The molecule has 0 spiro atoms. The van der Waals surface area contributed by atoms with Crippen LogP contribution in [0.25, 0.3) is 0 Å². The molecule has 0 unspecified atom stereocenters. The molecule has 3 N–H and O–H groups in total. The number of amides is 2. The monoisotopic (exact) mass is 394 g/mol. The van der Waals surface area contributed by atoms with Gasteiger partial charge >= 0.3 is 5.97 Å². The van der Waals surface area contributed by atoms with Crippen LogP contribution in [-0.2, 0) is 16.0 Å². The summed E-state index contributed by atoms with van der Waals surface area (Å²) in [6, 6.07) is 16.7. The SMILES string of the molecule is O=C(NCCc1ccccc1)c1ccccc1NC(=O)[C@H]1CCCC[C@H]1C(=O)O. The van der Waals surface area contributed by atoms with E-state index >= 15 is 0 Å². The summed E-state index contributed by atoms with van der Waals surface area (Å²) in [5.74, 6) is -2.78. The number of aliphatic carboxylic acids is 1. The highest BCUT2D eigenvalue weighted by Crippen LogP contribution is 2.31. The molecule has 2 aromatic carbocycles. The molecule has 0 aliphatic heterocycles. The molecule has 2 atom stereocenters. The summed E-state index contributed by atoms with van der Waals surface area (Å²) in [7, 11) is 0. The second kappa shape index (κ2) is 9.87. The van der Waals surface area contributed by atoms with Gasteiger partial charge in [-0.15, -0.1) is 0 Å². The zero-order chi connectivity index (χ0) is 20.6. The lowest BCUT2D eigenvalue weighted by molar-refractivity contribution is -0.147. The topological polar surface area (TPSA) is 95.5 Å². The Morgan fingerprint density at radius 3 is 2.28 bits per heavy atom. The Hall–Kier alpha value is -3.15. The van der Waals surface area contributed by atoms with Gasteiger partial charge in [-0.05, 0) is 37.0 Å². The fraction of sp³-hybridized carbons (Fsp3) is 0.348. The zero-order valence-electron chi connectivity index (χ0n) is 16.3. The summed E-state index contributed by atoms with van der Waals surface area (Å²) in [5, 5.41) is 15.1. The number of carbonyl (C=O) groups excluding carboxylic acids is 2. The van der Waals surface area contributed by atoms with Gasteiger partial charge in [-0.3, -0.25) is 14.4 Å². The number of nitrogens with one attached hydrogen (secondary N) is 2. The summed E-state index contributed by atoms with van der Waals surface area (Å²) >= 11 is 0. The first-order chi connectivity index (χ1) is 14.1. The predicted octanol–water partition coefficient (Wildman–Crippen LogP) is 3.49. The first-order valence-corrected chi connectivity index (χ1v) is 10.0. The van der Waals surface area contributed by atoms with Crippen molar-refractivity contribution in [2.45, 2.75) is 32.1 Å². The van der Waals surface area contributed by atoms with Crippen molar-refractivity contribution in [1.82, 2.24) is 5.32 Å². The number of anilines is 1. The highest BCUT2D eigenvalue weighted by Gasteiger charge is 2.36. The Morgan fingerprint density at radius 1 is 0.897 bits per heavy atom. The van der Waals surface area contributed by atoms with Gasteiger partial charge in [-0.2, -0.15) is 0 Å². The van der Waals surface area contributed by atoms with Crippen LogP contribution in [0.4, 0.5) is 5.69 Å². The van der Waals surface area contributed by atoms with E-state index in [1.54, 1.807) is 24.3 Å². The molecule has 1 aliphatic rings. The van der Waals surface area contributed by atoms with Crippen molar-refractivity contribution in [2.24, 2.45) is 11.8 Å². The normalized spacial score (nSPS) is 18.6. The fourth-order valence-corrected chi connectivity index (χ4v) is 3.82. The number of hydrogen-bond donors (Lipinski definition) is 3. The van der Waals surface area contributed by atoms with Crippen LogP contribution in [0.5, 0.6) is 0 Å². The molecular formula is C23H26N2O4. The number of hydrogen-bond acceptors (Lipinski definition) is 3. The van der Waals surface area contributed by atoms with Crippen LogP contribution in [0.1, 0.15) is 41.6 Å². The van der Waals surface area contributed by atoms with Gasteiger partial charge in [0.05, 0.1) is 23.1 Å². The van der Waals surface area contributed by atoms with Gasteiger partial charge in [0.15, 0.2) is 0 Å². The Morgan fingerprint density at radius 2 is 1.55 bits per heavy atom. The molecular weight excluding hydrogens is 368 g/mol. The zero-order valence-corrected chi connectivity index (χ0v) is 16.3. The van der Waals surface area contributed by atoms with E-state index in [0.717, 1.165) is 18.4 Å². The number of benzene rings is 2. The van der Waals surface area contributed by atoms with E-state index < -0.39 is 17.8 Å². The molecule has 2 aromatic rings. The lowest BCUT2D eigenvalue weighted by atomic mass is 9.78. The summed E-state index contributed by atoms with van der Waals surface area (Å²) in [5.41, 5.74) is 1.91. The standard InChI is InChI=1S/C23H26N2O4/c26-21(24-15-14-16-8-2-1-3-9-16)19-12-6-7-13-20(19)25-22(27)17-10-4-5-11-18(17)23(28)29/h1-3,6-9,12-13,17-18H,4-5,10-11,14-15H2,(H,24,26)(H,25,27)(H,28,29)/t17-,18+/m0/s1. The molecule has 6 heteroatoms. The molecule has 1 saturated carbocycles. The third kappa shape index (κ3) is 5.44. The molecule has 152 valence electrons. The van der Waals surface area contributed by atoms with Crippen LogP contribution in [0, 0.1) is 11.8 Å². The summed E-state index contributed by atoms with van der Waals surface area (Å²) in [6.07, 6.45) is 3.43. The van der Waals surface area contributed by atoms with Crippen LogP contribution in [0.3, 0.4) is 0 Å². The second-order valence-corrected chi connectivity index (χ2v) is 7.36. The van der Waals surface area contributed by atoms with E-state index in [0.29, 0.717) is 37.1 Å². The second-order valence-electron chi connectivity index (χ2n) is 7.36. The molecule has 0 radical (unpaired) electrons. The molecule has 1 fully saturated rings. The lowest BCUT2D eigenvalue weighted by Gasteiger charge is -2.27. The van der Waals surface area contributed by atoms with E-state index in [1.807, 2.05) is 30.3 Å². The van der Waals surface area contributed by atoms with Crippen molar-refractivity contribution >= 4 is 23.5 Å². The Labute approximate surface area is 170 Å². The van der Waals surface area contributed by atoms with Crippen LogP contribution in [-0.4, -0.2) is 29.4 Å². The minimum absolute atomic E-state index is 0.268. The van der Waals surface area contributed by atoms with E-state index in [9.17, 15) is 19.5 Å². The molecule has 0 saturated heterocycles. The molecule has 6 nitrogen and oxygen atoms in total. The average molecular weight is 394 g/mol. The van der Waals surface area contributed by atoms with Gasteiger partial charge in [0.2, 0.25) is 5.91 Å². The van der Waals surface area contributed by atoms with E-state index in [4.69, 9.17) is 0 Å². The summed E-state index contributed by atoms with van der Waals surface area (Å²) < 4.78 is 0. The Bertz CT molecular complexity index is 866. The number of carboxylic acids is 1. The highest BCUT2D eigenvalue weighted by molar-refractivity contribution is 6.04. The minimum atomic E-state index is -0.934. The Kier molecular flexibility index (Phi) is 7.00. The number of carbonyl (C=O) groups is 3. The first kappa shape index (κ1) is 20.6. The fourth-order valence-electron chi connectivity index (χ4n) is 3.82. The average Bonchev–Trinajstić information content (AvgIpc) is 2.74. The van der Waals surface area contributed by atoms with Crippen LogP contribution < -0.4 is 10.6 Å². The first-order valence-electron chi connectivity index (χ1n) is 10.0. The Balaban J connectivity index is 1.64. The third-order valence-electron chi connectivity index (χ3n) is 5.39. The summed E-state index contributed by atoms with van der Waals surface area (Å²) in [6.45, 7) is 0.481. The number of para-hydroxylation sites is 1. The van der Waals surface area contributed by atoms with Crippen molar-refractivity contribution in [1.29, 1.82) is 0 Å².